The second-order valence-corrected chi connectivity index (χ2v) is 5.68. The zero-order chi connectivity index (χ0) is 13.8. The molecule has 1 atom stereocenters. The van der Waals surface area contributed by atoms with Crippen LogP contribution < -0.4 is 10.6 Å². The molecule has 1 aromatic rings. The molecule has 1 aromatic carbocycles. The second-order valence-electron chi connectivity index (χ2n) is 5.68. The highest BCUT2D eigenvalue weighted by Gasteiger charge is 2.20. The first-order valence-corrected chi connectivity index (χ1v) is 6.64. The van der Waals surface area contributed by atoms with Crippen molar-refractivity contribution in [2.45, 2.75) is 45.7 Å². The third-order valence-electron chi connectivity index (χ3n) is 3.19. The van der Waals surface area contributed by atoms with Gasteiger partial charge in [-0.2, -0.15) is 0 Å². The van der Waals surface area contributed by atoms with E-state index >= 15 is 0 Å². The first-order valence-electron chi connectivity index (χ1n) is 6.64. The van der Waals surface area contributed by atoms with E-state index < -0.39 is 0 Å². The fourth-order valence-corrected chi connectivity index (χ4v) is 2.03. The predicted molar refractivity (Wildman–Crippen MR) is 81.0 cm³/mol. The average molecular weight is 246 g/mol. The summed E-state index contributed by atoms with van der Waals surface area (Å²) in [4.78, 5) is 2.33. The molecule has 0 radical (unpaired) electrons. The van der Waals surface area contributed by atoms with Crippen LogP contribution in [0, 0.1) is 0 Å². The Morgan fingerprint density at radius 3 is 2.22 bits per heavy atom. The van der Waals surface area contributed by atoms with Gasteiger partial charge in [-0.15, -0.1) is 6.58 Å². The molecule has 0 saturated heterocycles. The maximum Gasteiger partial charge on any atom is 0.0373 e. The highest BCUT2D eigenvalue weighted by Crippen LogP contribution is 2.25. The van der Waals surface area contributed by atoms with E-state index in [4.69, 9.17) is 5.73 Å². The van der Waals surface area contributed by atoms with Crippen molar-refractivity contribution in [1.29, 1.82) is 0 Å². The largest absolute Gasteiger partial charge is 0.363 e. The zero-order valence-corrected chi connectivity index (χ0v) is 12.1. The van der Waals surface area contributed by atoms with Crippen molar-refractivity contribution in [3.8, 4) is 0 Å². The summed E-state index contributed by atoms with van der Waals surface area (Å²) >= 11 is 0. The third kappa shape index (κ3) is 3.61. The first kappa shape index (κ1) is 14.8. The maximum atomic E-state index is 6.04. The Bertz CT molecular complexity index is 373. The van der Waals surface area contributed by atoms with Gasteiger partial charge in [0.25, 0.3) is 0 Å². The minimum Gasteiger partial charge on any atom is -0.363 e. The van der Waals surface area contributed by atoms with E-state index in [0.29, 0.717) is 0 Å². The van der Waals surface area contributed by atoms with E-state index in [-0.39, 0.29) is 11.6 Å². The quantitative estimate of drug-likeness (QED) is 0.799. The van der Waals surface area contributed by atoms with Gasteiger partial charge in [-0.05, 0) is 44.9 Å². The van der Waals surface area contributed by atoms with E-state index in [2.05, 4.69) is 63.4 Å². The van der Waals surface area contributed by atoms with Crippen LogP contribution in [0.2, 0.25) is 0 Å². The lowest BCUT2D eigenvalue weighted by Gasteiger charge is -2.37. The fourth-order valence-electron chi connectivity index (χ4n) is 2.03. The molecule has 0 aliphatic rings. The molecular formula is C16H26N2. The highest BCUT2D eigenvalue weighted by atomic mass is 15.2. The number of rotatable bonds is 5. The smallest absolute Gasteiger partial charge is 0.0373 e. The summed E-state index contributed by atoms with van der Waals surface area (Å²) in [6, 6.07) is 8.71. The molecule has 0 aromatic heterocycles. The van der Waals surface area contributed by atoms with E-state index in [9.17, 15) is 0 Å². The van der Waals surface area contributed by atoms with E-state index in [1.807, 2.05) is 6.08 Å². The van der Waals surface area contributed by atoms with Gasteiger partial charge in [0.2, 0.25) is 0 Å². The van der Waals surface area contributed by atoms with Crippen LogP contribution in [0.1, 0.15) is 45.7 Å². The van der Waals surface area contributed by atoms with Crippen molar-refractivity contribution < 1.29 is 0 Å². The topological polar surface area (TPSA) is 29.3 Å². The number of anilines is 1. The minimum atomic E-state index is 0.0859. The van der Waals surface area contributed by atoms with Gasteiger partial charge >= 0.3 is 0 Å². The van der Waals surface area contributed by atoms with Crippen molar-refractivity contribution >= 4 is 5.69 Å². The van der Waals surface area contributed by atoms with Gasteiger partial charge in [0.15, 0.2) is 0 Å². The number of nitrogens with two attached hydrogens (primary N) is 1. The Morgan fingerprint density at radius 1 is 1.28 bits per heavy atom. The molecule has 1 unspecified atom stereocenters. The highest BCUT2D eigenvalue weighted by molar-refractivity contribution is 5.50. The van der Waals surface area contributed by atoms with Crippen LogP contribution in [-0.2, 0) is 0 Å². The predicted octanol–water partition coefficient (Wildman–Crippen LogP) is 3.89. The third-order valence-corrected chi connectivity index (χ3v) is 3.19. The summed E-state index contributed by atoms with van der Waals surface area (Å²) in [5, 5.41) is 0. The van der Waals surface area contributed by atoms with Crippen LogP contribution in [0.3, 0.4) is 0 Å². The molecule has 0 aliphatic carbocycles. The summed E-state index contributed by atoms with van der Waals surface area (Å²) in [5.41, 5.74) is 8.54. The molecule has 2 heteroatoms. The monoisotopic (exact) mass is 246 g/mol. The SMILES string of the molecule is C=CCN(c1ccc(C(N)CC)cc1)C(C)(C)C. The standard InChI is InChI=1S/C16H26N2/c1-6-12-18(16(3,4)5)14-10-8-13(9-11-14)15(17)7-2/h6,8-11,15H,1,7,12,17H2,2-5H3. The average Bonchev–Trinajstić information content (AvgIpc) is 2.34. The van der Waals surface area contributed by atoms with Gasteiger partial charge in [-0.25, -0.2) is 0 Å². The number of hydrogen-bond acceptors (Lipinski definition) is 2. The molecule has 0 aliphatic heterocycles. The second kappa shape index (κ2) is 6.05. The molecule has 2 N–H and O–H groups in total. The summed E-state index contributed by atoms with van der Waals surface area (Å²) in [6.07, 6.45) is 2.91. The molecule has 0 heterocycles. The van der Waals surface area contributed by atoms with E-state index in [0.717, 1.165) is 13.0 Å². The Hall–Kier alpha value is -1.28. The number of nitrogens with zero attached hydrogens (tertiary/aromatic N) is 1. The molecule has 0 amide bonds. The molecule has 0 bridgehead atoms. The lowest BCUT2D eigenvalue weighted by molar-refractivity contribution is 0.522. The van der Waals surface area contributed by atoms with Gasteiger partial charge in [-0.3, -0.25) is 0 Å². The first-order chi connectivity index (χ1) is 8.40. The van der Waals surface area contributed by atoms with Gasteiger partial charge in [0, 0.05) is 23.8 Å². The maximum absolute atomic E-state index is 6.04. The zero-order valence-electron chi connectivity index (χ0n) is 12.1. The van der Waals surface area contributed by atoms with Crippen LogP contribution >= 0.6 is 0 Å². The Morgan fingerprint density at radius 2 is 1.83 bits per heavy atom. The Balaban J connectivity index is 2.97. The van der Waals surface area contributed by atoms with Crippen LogP contribution in [0.25, 0.3) is 0 Å². The van der Waals surface area contributed by atoms with Crippen molar-refractivity contribution in [1.82, 2.24) is 0 Å². The van der Waals surface area contributed by atoms with Gasteiger partial charge in [0.1, 0.15) is 0 Å². The van der Waals surface area contributed by atoms with Crippen molar-refractivity contribution in [3.63, 3.8) is 0 Å². The van der Waals surface area contributed by atoms with Crippen LogP contribution in [0.15, 0.2) is 36.9 Å². The lowest BCUT2D eigenvalue weighted by Crippen LogP contribution is -2.41. The minimum absolute atomic E-state index is 0.0859. The van der Waals surface area contributed by atoms with Crippen LogP contribution in [0.5, 0.6) is 0 Å². The number of hydrogen-bond donors (Lipinski definition) is 1. The molecule has 18 heavy (non-hydrogen) atoms. The molecule has 0 fully saturated rings. The van der Waals surface area contributed by atoms with Crippen molar-refractivity contribution in [2.75, 3.05) is 11.4 Å². The summed E-state index contributed by atoms with van der Waals surface area (Å²) in [7, 11) is 0. The number of benzene rings is 1. The van der Waals surface area contributed by atoms with Gasteiger partial charge < -0.3 is 10.6 Å². The van der Waals surface area contributed by atoms with Crippen molar-refractivity contribution in [2.24, 2.45) is 5.73 Å². The molecule has 0 saturated carbocycles. The molecule has 100 valence electrons. The lowest BCUT2D eigenvalue weighted by atomic mass is 10.0. The van der Waals surface area contributed by atoms with Gasteiger partial charge in [-0.1, -0.05) is 25.1 Å². The Labute approximate surface area is 111 Å². The molecule has 2 nitrogen and oxygen atoms in total. The summed E-state index contributed by atoms with van der Waals surface area (Å²) < 4.78 is 0. The summed E-state index contributed by atoms with van der Waals surface area (Å²) in [5.74, 6) is 0. The normalized spacial score (nSPS) is 13.2. The molecule has 0 spiro atoms. The fraction of sp³-hybridized carbons (Fsp3) is 0.500. The van der Waals surface area contributed by atoms with Crippen LogP contribution in [-0.4, -0.2) is 12.1 Å². The summed E-state index contributed by atoms with van der Waals surface area (Å²) in [6.45, 7) is 13.4. The van der Waals surface area contributed by atoms with E-state index in [1.54, 1.807) is 0 Å². The van der Waals surface area contributed by atoms with Crippen molar-refractivity contribution in [3.05, 3.63) is 42.5 Å². The Kier molecular flexibility index (Phi) is 4.97. The molecular weight excluding hydrogens is 220 g/mol. The van der Waals surface area contributed by atoms with Gasteiger partial charge in [0.05, 0.1) is 0 Å². The van der Waals surface area contributed by atoms with E-state index in [1.165, 1.54) is 11.3 Å². The molecule has 1 rings (SSSR count). The van der Waals surface area contributed by atoms with Crippen LogP contribution in [0.4, 0.5) is 5.69 Å².